The first-order valence-electron chi connectivity index (χ1n) is 15.6. The Morgan fingerprint density at radius 3 is 1.79 bits per heavy atom. The van der Waals surface area contributed by atoms with Crippen LogP contribution < -0.4 is 0 Å². The van der Waals surface area contributed by atoms with Crippen molar-refractivity contribution in [2.75, 3.05) is 13.2 Å². The SMILES string of the molecule is CCCCCCCC/C=C/C/C=C/C=C/C(O)CCCC(=O)OC[C@H](O)COC(=O)CCCCCCCCC. The molecule has 0 fully saturated rings. The van der Waals surface area contributed by atoms with Crippen LogP contribution in [0.4, 0.5) is 0 Å². The van der Waals surface area contributed by atoms with Crippen LogP contribution >= 0.6 is 0 Å². The Kier molecular flexibility index (Phi) is 27.6. The van der Waals surface area contributed by atoms with E-state index in [9.17, 15) is 19.8 Å². The minimum atomic E-state index is -1.03. The van der Waals surface area contributed by atoms with Crippen molar-refractivity contribution in [3.8, 4) is 0 Å². The summed E-state index contributed by atoms with van der Waals surface area (Å²) in [6.45, 7) is 4.05. The maximum Gasteiger partial charge on any atom is 0.305 e. The third-order valence-corrected chi connectivity index (χ3v) is 6.48. The molecule has 0 bridgehead atoms. The van der Waals surface area contributed by atoms with E-state index in [1.54, 1.807) is 6.08 Å². The number of rotatable bonds is 27. The highest BCUT2D eigenvalue weighted by molar-refractivity contribution is 5.69. The van der Waals surface area contributed by atoms with Crippen molar-refractivity contribution in [2.24, 2.45) is 0 Å². The van der Waals surface area contributed by atoms with E-state index in [-0.39, 0.29) is 25.6 Å². The second-order valence-corrected chi connectivity index (χ2v) is 10.4. The molecule has 0 radical (unpaired) electrons. The van der Waals surface area contributed by atoms with Gasteiger partial charge in [0.15, 0.2) is 0 Å². The zero-order valence-electron chi connectivity index (χ0n) is 25.0. The fraction of sp³-hybridized carbons (Fsp3) is 0.758. The molecular weight excluding hydrogens is 492 g/mol. The molecule has 6 heteroatoms. The monoisotopic (exact) mass is 550 g/mol. The molecule has 0 aromatic carbocycles. The van der Waals surface area contributed by atoms with Crippen molar-refractivity contribution in [2.45, 2.75) is 148 Å². The van der Waals surface area contributed by atoms with Crippen LogP contribution in [0.5, 0.6) is 0 Å². The molecule has 2 N–H and O–H groups in total. The molecule has 0 aliphatic rings. The highest BCUT2D eigenvalue weighted by Gasteiger charge is 2.12. The van der Waals surface area contributed by atoms with Gasteiger partial charge in [0.1, 0.15) is 19.3 Å². The van der Waals surface area contributed by atoms with Gasteiger partial charge < -0.3 is 19.7 Å². The van der Waals surface area contributed by atoms with Gasteiger partial charge in [-0.3, -0.25) is 9.59 Å². The molecule has 0 aromatic rings. The van der Waals surface area contributed by atoms with E-state index >= 15 is 0 Å². The molecule has 226 valence electrons. The van der Waals surface area contributed by atoms with Gasteiger partial charge in [-0.15, -0.1) is 0 Å². The van der Waals surface area contributed by atoms with Gasteiger partial charge >= 0.3 is 11.9 Å². The molecule has 0 saturated carbocycles. The summed E-state index contributed by atoms with van der Waals surface area (Å²) in [6, 6.07) is 0. The minimum Gasteiger partial charge on any atom is -0.463 e. The topological polar surface area (TPSA) is 93.1 Å². The number of hydrogen-bond donors (Lipinski definition) is 2. The van der Waals surface area contributed by atoms with E-state index in [0.717, 1.165) is 32.1 Å². The summed E-state index contributed by atoms with van der Waals surface area (Å²) in [4.78, 5) is 23.6. The summed E-state index contributed by atoms with van der Waals surface area (Å²) in [5, 5.41) is 19.9. The highest BCUT2D eigenvalue weighted by atomic mass is 16.6. The second-order valence-electron chi connectivity index (χ2n) is 10.4. The Balaban J connectivity index is 3.70. The first-order chi connectivity index (χ1) is 19.0. The van der Waals surface area contributed by atoms with Crippen LogP contribution in [-0.2, 0) is 19.1 Å². The van der Waals surface area contributed by atoms with Gasteiger partial charge in [-0.2, -0.15) is 0 Å². The predicted molar refractivity (Wildman–Crippen MR) is 160 cm³/mol. The summed E-state index contributed by atoms with van der Waals surface area (Å²) in [5.74, 6) is -0.766. The van der Waals surface area contributed by atoms with Crippen LogP contribution in [0.2, 0.25) is 0 Å². The number of unbranched alkanes of at least 4 members (excludes halogenated alkanes) is 12. The molecule has 0 aliphatic carbocycles. The van der Waals surface area contributed by atoms with E-state index in [2.05, 4.69) is 32.1 Å². The average Bonchev–Trinajstić information content (AvgIpc) is 2.92. The van der Waals surface area contributed by atoms with Crippen molar-refractivity contribution in [1.29, 1.82) is 0 Å². The zero-order valence-corrected chi connectivity index (χ0v) is 25.0. The number of carbonyl (C=O) groups is 2. The van der Waals surface area contributed by atoms with Crippen molar-refractivity contribution >= 4 is 11.9 Å². The molecule has 6 nitrogen and oxygen atoms in total. The minimum absolute atomic E-state index is 0.162. The Morgan fingerprint density at radius 2 is 1.18 bits per heavy atom. The fourth-order valence-electron chi connectivity index (χ4n) is 4.03. The molecule has 0 aliphatic heterocycles. The molecule has 2 atom stereocenters. The summed E-state index contributed by atoms with van der Waals surface area (Å²) in [6.07, 6.45) is 29.6. The molecule has 0 heterocycles. The number of allylic oxidation sites excluding steroid dienone is 5. The quantitative estimate of drug-likeness (QED) is 0.0467. The van der Waals surface area contributed by atoms with Crippen molar-refractivity contribution in [1.82, 2.24) is 0 Å². The Hall–Kier alpha value is -1.92. The molecule has 0 amide bonds. The van der Waals surface area contributed by atoms with Crippen LogP contribution in [0.25, 0.3) is 0 Å². The average molecular weight is 551 g/mol. The van der Waals surface area contributed by atoms with Gasteiger partial charge in [0, 0.05) is 12.8 Å². The maximum atomic E-state index is 11.9. The van der Waals surface area contributed by atoms with Crippen molar-refractivity contribution < 1.29 is 29.3 Å². The number of esters is 2. The molecular formula is C33H58O6. The highest BCUT2D eigenvalue weighted by Crippen LogP contribution is 2.10. The van der Waals surface area contributed by atoms with Gasteiger partial charge in [-0.1, -0.05) is 121 Å². The molecule has 0 spiro atoms. The van der Waals surface area contributed by atoms with Gasteiger partial charge in [-0.05, 0) is 38.5 Å². The smallest absolute Gasteiger partial charge is 0.305 e. The van der Waals surface area contributed by atoms with Crippen LogP contribution in [0.3, 0.4) is 0 Å². The van der Waals surface area contributed by atoms with Gasteiger partial charge in [0.2, 0.25) is 0 Å². The molecule has 39 heavy (non-hydrogen) atoms. The maximum absolute atomic E-state index is 11.9. The Bertz CT molecular complexity index is 655. The lowest BCUT2D eigenvalue weighted by Gasteiger charge is -2.12. The number of aliphatic hydroxyl groups excluding tert-OH is 2. The van der Waals surface area contributed by atoms with Gasteiger partial charge in [0.25, 0.3) is 0 Å². The second kappa shape index (κ2) is 29.1. The Labute approximate surface area is 238 Å². The number of ether oxygens (including phenoxy) is 2. The van der Waals surface area contributed by atoms with E-state index in [4.69, 9.17) is 9.47 Å². The lowest BCUT2D eigenvalue weighted by molar-refractivity contribution is -0.152. The number of carbonyl (C=O) groups excluding carboxylic acids is 2. The van der Waals surface area contributed by atoms with E-state index in [1.165, 1.54) is 64.2 Å². The van der Waals surface area contributed by atoms with Crippen molar-refractivity contribution in [3.63, 3.8) is 0 Å². The third kappa shape index (κ3) is 28.9. The van der Waals surface area contributed by atoms with Crippen LogP contribution in [0, 0.1) is 0 Å². The summed E-state index contributed by atoms with van der Waals surface area (Å²) < 4.78 is 10.1. The molecule has 0 saturated heterocycles. The summed E-state index contributed by atoms with van der Waals surface area (Å²) >= 11 is 0. The molecule has 0 rings (SSSR count). The van der Waals surface area contributed by atoms with Gasteiger partial charge in [-0.25, -0.2) is 0 Å². The van der Waals surface area contributed by atoms with Crippen LogP contribution in [0.1, 0.15) is 136 Å². The first-order valence-corrected chi connectivity index (χ1v) is 15.6. The molecule has 1 unspecified atom stereocenters. The van der Waals surface area contributed by atoms with Gasteiger partial charge in [0.05, 0.1) is 6.10 Å². The van der Waals surface area contributed by atoms with Crippen LogP contribution in [0.15, 0.2) is 36.5 Å². The fourth-order valence-corrected chi connectivity index (χ4v) is 4.03. The van der Waals surface area contributed by atoms with Crippen LogP contribution in [-0.4, -0.2) is 47.6 Å². The van der Waals surface area contributed by atoms with E-state index in [0.29, 0.717) is 19.3 Å². The number of hydrogen-bond acceptors (Lipinski definition) is 6. The lowest BCUT2D eigenvalue weighted by atomic mass is 10.1. The molecule has 0 aromatic heterocycles. The normalized spacial score (nSPS) is 13.4. The number of aliphatic hydroxyl groups is 2. The Morgan fingerprint density at radius 1 is 0.641 bits per heavy atom. The van der Waals surface area contributed by atoms with Crippen molar-refractivity contribution in [3.05, 3.63) is 36.5 Å². The van der Waals surface area contributed by atoms with E-state index in [1.807, 2.05) is 12.2 Å². The largest absolute Gasteiger partial charge is 0.463 e. The zero-order chi connectivity index (χ0) is 28.8. The summed E-state index contributed by atoms with van der Waals surface area (Å²) in [5.41, 5.74) is 0. The predicted octanol–water partition coefficient (Wildman–Crippen LogP) is 7.91. The lowest BCUT2D eigenvalue weighted by Crippen LogP contribution is -2.25. The third-order valence-electron chi connectivity index (χ3n) is 6.48. The summed E-state index contributed by atoms with van der Waals surface area (Å²) in [7, 11) is 0. The first kappa shape index (κ1) is 37.1. The van der Waals surface area contributed by atoms with E-state index < -0.39 is 18.2 Å². The standard InChI is InChI=1S/C33H58O6/c1-3-5-7-9-11-12-13-14-15-16-18-19-21-24-30(34)25-23-27-33(37)39-29-31(35)28-38-32(36)26-22-20-17-10-8-6-4-2/h14-15,18-19,21,24,30-31,34-35H,3-13,16-17,20,22-23,25-29H2,1-2H3/b15-14+,19-18+,24-21+/t30?,31-/m1/s1.